The number of esters is 1. The molecule has 5 rings (SSSR count). The Morgan fingerprint density at radius 1 is 1.00 bits per heavy atom. The molecule has 2 aromatic carbocycles. The maximum atomic E-state index is 13.0. The van der Waals surface area contributed by atoms with Crippen LogP contribution >= 0.6 is 0 Å². The van der Waals surface area contributed by atoms with Gasteiger partial charge in [0.1, 0.15) is 0 Å². The number of H-pyrrole nitrogens is 1. The second kappa shape index (κ2) is 8.31. The molecule has 1 aliphatic carbocycles. The maximum Gasteiger partial charge on any atom is 0.338 e. The normalized spacial score (nSPS) is 16.3. The standard InChI is InChI=1S/C26H24N2O5/c1-15-23(19-9-5-6-10-21(19)27-15)22(29)14-33-26(32)16-11-12-18-20(13-16)25(31)28(24(18)30)17-7-3-2-4-8-17/h5-6,9-13,17,27H,2-4,7-8,14H2,1H3. The molecule has 1 N–H and O–H groups in total. The summed E-state index contributed by atoms with van der Waals surface area (Å²) in [6.45, 7) is 1.38. The number of nitrogens with zero attached hydrogens (tertiary/aromatic N) is 1. The van der Waals surface area contributed by atoms with Crippen molar-refractivity contribution in [1.82, 2.24) is 9.88 Å². The first-order valence-electron chi connectivity index (χ1n) is 11.3. The number of para-hydroxylation sites is 1. The highest BCUT2D eigenvalue weighted by Crippen LogP contribution is 2.31. The van der Waals surface area contributed by atoms with Crippen molar-refractivity contribution in [3.8, 4) is 0 Å². The number of Topliss-reactive ketones (excluding diaryl/α,β-unsaturated/α-hetero) is 1. The van der Waals surface area contributed by atoms with Gasteiger partial charge >= 0.3 is 5.97 Å². The summed E-state index contributed by atoms with van der Waals surface area (Å²) in [5.41, 5.74) is 2.72. The monoisotopic (exact) mass is 444 g/mol. The number of carbonyl (C=O) groups excluding carboxylic acids is 4. The SMILES string of the molecule is Cc1[nH]c2ccccc2c1C(=O)COC(=O)c1ccc2c(c1)C(=O)N(C1CCCCC1)C2=O. The predicted octanol–water partition coefficient (Wildman–Crippen LogP) is 4.44. The molecule has 33 heavy (non-hydrogen) atoms. The summed E-state index contributed by atoms with van der Waals surface area (Å²) in [6, 6.07) is 11.7. The minimum Gasteiger partial charge on any atom is -0.454 e. The summed E-state index contributed by atoms with van der Waals surface area (Å²) in [4.78, 5) is 55.7. The molecule has 2 heterocycles. The van der Waals surface area contributed by atoms with Crippen molar-refractivity contribution in [2.75, 3.05) is 6.61 Å². The molecule has 1 saturated carbocycles. The molecule has 3 aromatic rings. The van der Waals surface area contributed by atoms with Crippen molar-refractivity contribution in [1.29, 1.82) is 0 Å². The number of amides is 2. The highest BCUT2D eigenvalue weighted by atomic mass is 16.5. The van der Waals surface area contributed by atoms with E-state index in [0.29, 0.717) is 16.8 Å². The number of hydrogen-bond donors (Lipinski definition) is 1. The van der Waals surface area contributed by atoms with Crippen LogP contribution in [0, 0.1) is 6.92 Å². The van der Waals surface area contributed by atoms with Gasteiger partial charge in [0.15, 0.2) is 6.61 Å². The van der Waals surface area contributed by atoms with Crippen molar-refractivity contribution in [2.24, 2.45) is 0 Å². The molecule has 0 unspecified atom stereocenters. The molecule has 2 aliphatic rings. The first-order chi connectivity index (χ1) is 16.0. The van der Waals surface area contributed by atoms with Crippen molar-refractivity contribution in [3.63, 3.8) is 0 Å². The van der Waals surface area contributed by atoms with Gasteiger partial charge in [-0.3, -0.25) is 19.3 Å². The Bertz CT molecular complexity index is 1300. The van der Waals surface area contributed by atoms with E-state index in [4.69, 9.17) is 4.74 Å². The second-order valence-corrected chi connectivity index (χ2v) is 8.70. The van der Waals surface area contributed by atoms with Gasteiger partial charge in [-0.1, -0.05) is 37.5 Å². The number of ketones is 1. The summed E-state index contributed by atoms with van der Waals surface area (Å²) in [5, 5.41) is 0.778. The van der Waals surface area contributed by atoms with Crippen molar-refractivity contribution >= 4 is 34.5 Å². The van der Waals surface area contributed by atoms with Crippen LogP contribution in [0.1, 0.15) is 79.2 Å². The molecule has 2 amide bonds. The molecule has 1 aliphatic heterocycles. The number of aromatic amines is 1. The van der Waals surface area contributed by atoms with E-state index in [0.717, 1.165) is 43.0 Å². The summed E-state index contributed by atoms with van der Waals surface area (Å²) in [6.07, 6.45) is 4.75. The third-order valence-electron chi connectivity index (χ3n) is 6.60. The molecule has 0 saturated heterocycles. The van der Waals surface area contributed by atoms with Crippen LogP contribution in [0.15, 0.2) is 42.5 Å². The van der Waals surface area contributed by atoms with E-state index in [-0.39, 0.29) is 34.8 Å². The van der Waals surface area contributed by atoms with E-state index in [1.807, 2.05) is 24.3 Å². The number of hydrogen-bond acceptors (Lipinski definition) is 5. The van der Waals surface area contributed by atoms with Gasteiger partial charge in [-0.25, -0.2) is 4.79 Å². The highest BCUT2D eigenvalue weighted by molar-refractivity contribution is 6.22. The van der Waals surface area contributed by atoms with Crippen LogP contribution in [-0.2, 0) is 4.74 Å². The average molecular weight is 444 g/mol. The van der Waals surface area contributed by atoms with Crippen molar-refractivity contribution in [3.05, 3.63) is 70.4 Å². The molecule has 168 valence electrons. The number of rotatable bonds is 5. The molecule has 1 aromatic heterocycles. The Balaban J connectivity index is 1.31. The zero-order valence-corrected chi connectivity index (χ0v) is 18.3. The Morgan fingerprint density at radius 2 is 1.73 bits per heavy atom. The van der Waals surface area contributed by atoms with Gasteiger partial charge in [0.25, 0.3) is 11.8 Å². The number of carbonyl (C=O) groups is 4. The number of fused-ring (bicyclic) bond motifs is 2. The smallest absolute Gasteiger partial charge is 0.338 e. The number of imide groups is 1. The number of nitrogens with one attached hydrogen (secondary N) is 1. The number of aromatic nitrogens is 1. The van der Waals surface area contributed by atoms with E-state index in [1.165, 1.54) is 23.1 Å². The van der Waals surface area contributed by atoms with Crippen LogP contribution in [0.3, 0.4) is 0 Å². The molecule has 0 bridgehead atoms. The number of ether oxygens (including phenoxy) is 1. The Morgan fingerprint density at radius 3 is 2.52 bits per heavy atom. The lowest BCUT2D eigenvalue weighted by Crippen LogP contribution is -2.40. The Labute approximate surface area is 190 Å². The van der Waals surface area contributed by atoms with Crippen molar-refractivity contribution < 1.29 is 23.9 Å². The van der Waals surface area contributed by atoms with Gasteiger partial charge in [0, 0.05) is 28.2 Å². The summed E-state index contributed by atoms with van der Waals surface area (Å²) >= 11 is 0. The first-order valence-corrected chi connectivity index (χ1v) is 11.3. The minimum absolute atomic E-state index is 0.0846. The predicted molar refractivity (Wildman–Crippen MR) is 121 cm³/mol. The quantitative estimate of drug-likeness (QED) is 0.356. The van der Waals surface area contributed by atoms with E-state index < -0.39 is 12.6 Å². The fourth-order valence-corrected chi connectivity index (χ4v) is 4.98. The van der Waals surface area contributed by atoms with Crippen LogP contribution in [0.2, 0.25) is 0 Å². The second-order valence-electron chi connectivity index (χ2n) is 8.70. The lowest BCUT2D eigenvalue weighted by molar-refractivity contribution is 0.0474. The van der Waals surface area contributed by atoms with E-state index in [2.05, 4.69) is 4.98 Å². The van der Waals surface area contributed by atoms with Gasteiger partial charge in [-0.2, -0.15) is 0 Å². The maximum absolute atomic E-state index is 13.0. The van der Waals surface area contributed by atoms with Gasteiger partial charge in [0.05, 0.1) is 16.7 Å². The van der Waals surface area contributed by atoms with Gasteiger partial charge in [-0.15, -0.1) is 0 Å². The van der Waals surface area contributed by atoms with Crippen LogP contribution in [0.4, 0.5) is 0 Å². The molecular weight excluding hydrogens is 420 g/mol. The Hall–Kier alpha value is -3.74. The molecule has 0 spiro atoms. The molecule has 7 nitrogen and oxygen atoms in total. The summed E-state index contributed by atoms with van der Waals surface area (Å²) in [5.74, 6) is -1.68. The topological polar surface area (TPSA) is 96.5 Å². The lowest BCUT2D eigenvalue weighted by atomic mass is 9.94. The van der Waals surface area contributed by atoms with Gasteiger partial charge < -0.3 is 9.72 Å². The van der Waals surface area contributed by atoms with E-state index in [1.54, 1.807) is 6.92 Å². The van der Waals surface area contributed by atoms with Crippen LogP contribution < -0.4 is 0 Å². The average Bonchev–Trinajstić information content (AvgIpc) is 3.30. The molecule has 0 radical (unpaired) electrons. The number of aryl methyl sites for hydroxylation is 1. The van der Waals surface area contributed by atoms with Gasteiger partial charge in [-0.05, 0) is 44.0 Å². The highest BCUT2D eigenvalue weighted by Gasteiger charge is 2.40. The van der Waals surface area contributed by atoms with Crippen LogP contribution in [0.5, 0.6) is 0 Å². The molecule has 7 heteroatoms. The van der Waals surface area contributed by atoms with Gasteiger partial charge in [0.2, 0.25) is 5.78 Å². The molecule has 1 fully saturated rings. The third-order valence-corrected chi connectivity index (χ3v) is 6.60. The fourth-order valence-electron chi connectivity index (χ4n) is 4.98. The van der Waals surface area contributed by atoms with Crippen LogP contribution in [-0.4, -0.2) is 46.1 Å². The van der Waals surface area contributed by atoms with E-state index >= 15 is 0 Å². The molecular formula is C26H24N2O5. The zero-order chi connectivity index (χ0) is 23.1. The first kappa shape index (κ1) is 21.1. The lowest BCUT2D eigenvalue weighted by Gasteiger charge is -2.29. The largest absolute Gasteiger partial charge is 0.454 e. The third kappa shape index (κ3) is 3.63. The minimum atomic E-state index is -0.708. The zero-order valence-electron chi connectivity index (χ0n) is 18.3. The Kier molecular flexibility index (Phi) is 5.32. The van der Waals surface area contributed by atoms with Crippen LogP contribution in [0.25, 0.3) is 10.9 Å². The fraction of sp³-hybridized carbons (Fsp3) is 0.308. The summed E-state index contributed by atoms with van der Waals surface area (Å²) < 4.78 is 5.27. The summed E-state index contributed by atoms with van der Waals surface area (Å²) in [7, 11) is 0. The van der Waals surface area contributed by atoms with E-state index in [9.17, 15) is 19.2 Å². The molecule has 0 atom stereocenters. The van der Waals surface area contributed by atoms with Crippen molar-refractivity contribution in [2.45, 2.75) is 45.1 Å². The number of benzene rings is 2.